The number of hydrogen-bond donors (Lipinski definition) is 7. The van der Waals surface area contributed by atoms with Gasteiger partial charge in [-0.05, 0) is 37.5 Å². The van der Waals surface area contributed by atoms with Crippen molar-refractivity contribution in [3.63, 3.8) is 0 Å². The lowest BCUT2D eigenvalue weighted by Crippen LogP contribution is -2.50. The molecule has 0 rings (SSSR count). The van der Waals surface area contributed by atoms with Gasteiger partial charge in [-0.25, -0.2) is 0 Å². The van der Waals surface area contributed by atoms with Crippen molar-refractivity contribution < 1.29 is 35.4 Å². The first-order valence-corrected chi connectivity index (χ1v) is 10.4. The molecule has 0 aromatic carbocycles. The predicted octanol–water partition coefficient (Wildman–Crippen LogP) is 0.480. The molecule has 0 aliphatic heterocycles. The van der Waals surface area contributed by atoms with E-state index in [2.05, 4.69) is 5.73 Å². The molecular formula is C20H45N4O6+. The first-order valence-electron chi connectivity index (χ1n) is 10.4. The fraction of sp³-hybridized carbons (Fsp3) is 0.850. The number of nitrogens with two attached hydrogens (primary N) is 3. The van der Waals surface area contributed by atoms with E-state index in [4.69, 9.17) is 32.5 Å². The number of hydrogen-bond acceptors (Lipinski definition) is 6. The maximum absolute atomic E-state index is 10.2. The standard InChI is InChI=1S/C7H16N2O2.C7H15NO2.C6H13NO2/c8-4-2-1-3-6(9)5-7(10)11;1-5(2)3-6(8)4-7(9)10;1-4(2)5(7)3-6(8)9/h6H,1-5,8-9H2,(H,10,11);5-6H,3-4,8H2,1-2H3,(H,9,10);4-5H,3,7H2,1-2H3,(H,8,9)/p+1/t2*6-;5-/m001/s1. The second kappa shape index (κ2) is 20.5. The van der Waals surface area contributed by atoms with Crippen molar-refractivity contribution in [3.05, 3.63) is 0 Å². The summed E-state index contributed by atoms with van der Waals surface area (Å²) in [5.41, 5.74) is 20.1. The van der Waals surface area contributed by atoms with Crippen molar-refractivity contribution in [1.29, 1.82) is 0 Å². The largest absolute Gasteiger partial charge is 0.481 e. The number of carbonyl (C=O) groups is 3. The molecule has 0 spiro atoms. The zero-order chi connectivity index (χ0) is 24.3. The van der Waals surface area contributed by atoms with E-state index in [1.54, 1.807) is 0 Å². The first-order chi connectivity index (χ1) is 13.7. The Balaban J connectivity index is -0.000000366. The maximum Gasteiger partial charge on any atom is 0.304 e. The van der Waals surface area contributed by atoms with E-state index in [0.29, 0.717) is 5.92 Å². The Morgan fingerprint density at radius 1 is 0.767 bits per heavy atom. The third kappa shape index (κ3) is 31.0. The molecule has 3 atom stereocenters. The molecule has 180 valence electrons. The quantitative estimate of drug-likeness (QED) is 0.199. The number of unbranched alkanes of at least 4 members (excludes halogenated alkanes) is 1. The van der Waals surface area contributed by atoms with Gasteiger partial charge in [0.2, 0.25) is 0 Å². The summed E-state index contributed by atoms with van der Waals surface area (Å²) in [7, 11) is 0. The Morgan fingerprint density at radius 3 is 1.50 bits per heavy atom. The van der Waals surface area contributed by atoms with Gasteiger partial charge in [0.1, 0.15) is 0 Å². The molecule has 0 unspecified atom stereocenters. The summed E-state index contributed by atoms with van der Waals surface area (Å²) in [5.74, 6) is -1.72. The highest BCUT2D eigenvalue weighted by molar-refractivity contribution is 5.68. The van der Waals surface area contributed by atoms with Crippen molar-refractivity contribution in [2.45, 2.75) is 90.8 Å². The van der Waals surface area contributed by atoms with E-state index in [9.17, 15) is 14.4 Å². The van der Waals surface area contributed by atoms with Crippen LogP contribution < -0.4 is 22.9 Å². The zero-order valence-corrected chi connectivity index (χ0v) is 19.0. The zero-order valence-electron chi connectivity index (χ0n) is 19.0. The summed E-state index contributed by atoms with van der Waals surface area (Å²) in [6.45, 7) is 8.78. The third-order valence-electron chi connectivity index (χ3n) is 3.99. The minimum atomic E-state index is -0.823. The van der Waals surface area contributed by atoms with Gasteiger partial charge < -0.3 is 38.3 Å². The van der Waals surface area contributed by atoms with Crippen molar-refractivity contribution in [2.24, 2.45) is 29.0 Å². The van der Waals surface area contributed by atoms with E-state index in [-0.39, 0.29) is 43.3 Å². The topological polar surface area (TPSA) is 218 Å². The fourth-order valence-corrected chi connectivity index (χ4v) is 2.26. The second-order valence-electron chi connectivity index (χ2n) is 8.20. The number of rotatable bonds is 13. The molecule has 0 saturated heterocycles. The molecule has 0 aromatic rings. The van der Waals surface area contributed by atoms with Crippen molar-refractivity contribution >= 4 is 17.9 Å². The second-order valence-corrected chi connectivity index (χ2v) is 8.20. The number of aliphatic carboxylic acids is 3. The summed E-state index contributed by atoms with van der Waals surface area (Å²) >= 11 is 0. The van der Waals surface area contributed by atoms with Crippen LogP contribution >= 0.6 is 0 Å². The molecule has 0 saturated carbocycles. The van der Waals surface area contributed by atoms with Crippen molar-refractivity contribution in [3.8, 4) is 0 Å². The molecule has 0 aliphatic rings. The van der Waals surface area contributed by atoms with Gasteiger partial charge in [-0.1, -0.05) is 27.7 Å². The van der Waals surface area contributed by atoms with Crippen molar-refractivity contribution in [2.75, 3.05) is 6.54 Å². The smallest absolute Gasteiger partial charge is 0.304 e. The highest BCUT2D eigenvalue weighted by Crippen LogP contribution is 2.05. The molecule has 10 heteroatoms. The highest BCUT2D eigenvalue weighted by Gasteiger charge is 2.11. The molecule has 0 radical (unpaired) electrons. The Kier molecular flexibility index (Phi) is 22.5. The van der Waals surface area contributed by atoms with Crippen LogP contribution in [-0.4, -0.2) is 57.9 Å². The Morgan fingerprint density at radius 2 is 1.20 bits per heavy atom. The van der Waals surface area contributed by atoms with Crippen LogP contribution in [0.5, 0.6) is 0 Å². The van der Waals surface area contributed by atoms with E-state index in [1.165, 1.54) is 0 Å². The lowest BCUT2D eigenvalue weighted by molar-refractivity contribution is -0.368. The molecule has 12 N–H and O–H groups in total. The van der Waals surface area contributed by atoms with Crippen LogP contribution in [0.2, 0.25) is 0 Å². The third-order valence-corrected chi connectivity index (χ3v) is 3.99. The molecule has 0 aromatic heterocycles. The van der Waals surface area contributed by atoms with Crippen LogP contribution in [0.1, 0.15) is 72.6 Å². The number of carboxylic acids is 3. The van der Waals surface area contributed by atoms with Crippen LogP contribution in [0.25, 0.3) is 0 Å². The molecule has 10 nitrogen and oxygen atoms in total. The normalized spacial score (nSPS) is 13.4. The van der Waals surface area contributed by atoms with Crippen LogP contribution in [0.4, 0.5) is 0 Å². The molecule has 0 aliphatic carbocycles. The van der Waals surface area contributed by atoms with Gasteiger partial charge in [0.15, 0.2) is 0 Å². The minimum absolute atomic E-state index is 0.0671. The Labute approximate surface area is 180 Å². The average Bonchev–Trinajstić information content (AvgIpc) is 2.53. The van der Waals surface area contributed by atoms with Gasteiger partial charge in [-0.15, -0.1) is 0 Å². The lowest BCUT2D eigenvalue weighted by Gasteiger charge is -2.11. The summed E-state index contributed by atoms with van der Waals surface area (Å²) in [6, 6.07) is -0.570. The minimum Gasteiger partial charge on any atom is -0.481 e. The van der Waals surface area contributed by atoms with E-state index in [0.717, 1.165) is 32.2 Å². The molecule has 30 heavy (non-hydrogen) atoms. The summed E-state index contributed by atoms with van der Waals surface area (Å²) in [5, 5.41) is 24.9. The number of carboxylic acid groups (broad SMARTS) is 3. The van der Waals surface area contributed by atoms with E-state index < -0.39 is 17.9 Å². The van der Waals surface area contributed by atoms with Gasteiger partial charge in [-0.3, -0.25) is 14.4 Å². The van der Waals surface area contributed by atoms with Crippen LogP contribution in [0.3, 0.4) is 0 Å². The van der Waals surface area contributed by atoms with Gasteiger partial charge in [0.05, 0.1) is 25.8 Å². The molecular weight excluding hydrogens is 392 g/mol. The van der Waals surface area contributed by atoms with Crippen molar-refractivity contribution in [1.82, 2.24) is 0 Å². The maximum atomic E-state index is 10.2. The fourth-order valence-electron chi connectivity index (χ4n) is 2.26. The Hall–Kier alpha value is -1.75. The van der Waals surface area contributed by atoms with E-state index in [1.807, 2.05) is 27.7 Å². The van der Waals surface area contributed by atoms with Crippen LogP contribution in [-0.2, 0) is 14.4 Å². The SMILES string of the molecule is CC(C)C[C@H](N)CC(=O)O.CC(C)[C@H](N)CC(=O)O.N[C@@H](CCCC[NH3+])CC(=O)O. The van der Waals surface area contributed by atoms with Gasteiger partial charge in [-0.2, -0.15) is 0 Å². The molecule has 0 amide bonds. The molecule has 0 fully saturated rings. The molecule has 0 bridgehead atoms. The molecule has 0 heterocycles. The summed E-state index contributed by atoms with van der Waals surface area (Å²) < 4.78 is 0. The summed E-state index contributed by atoms with van der Waals surface area (Å²) in [6.07, 6.45) is 3.83. The van der Waals surface area contributed by atoms with Gasteiger partial charge in [0, 0.05) is 18.1 Å². The average molecular weight is 438 g/mol. The number of quaternary nitrogens is 1. The predicted molar refractivity (Wildman–Crippen MR) is 117 cm³/mol. The van der Waals surface area contributed by atoms with Gasteiger partial charge >= 0.3 is 17.9 Å². The van der Waals surface area contributed by atoms with E-state index >= 15 is 0 Å². The summed E-state index contributed by atoms with van der Waals surface area (Å²) in [4.78, 5) is 30.3. The monoisotopic (exact) mass is 437 g/mol. The highest BCUT2D eigenvalue weighted by atomic mass is 16.4. The van der Waals surface area contributed by atoms with Crippen LogP contribution in [0.15, 0.2) is 0 Å². The van der Waals surface area contributed by atoms with Crippen LogP contribution in [0, 0.1) is 11.8 Å². The Bertz CT molecular complexity index is 461. The first kappa shape index (κ1) is 32.9. The van der Waals surface area contributed by atoms with Gasteiger partial charge in [0.25, 0.3) is 0 Å². The lowest BCUT2D eigenvalue weighted by atomic mass is 10.0.